The molecule has 2 heterocycles. The van der Waals surface area contributed by atoms with E-state index in [1.54, 1.807) is 24.3 Å². The molecular weight excluding hydrogens is 420 g/mol. The van der Waals surface area contributed by atoms with Crippen molar-refractivity contribution in [3.05, 3.63) is 91.6 Å². The molecule has 158 valence electrons. The summed E-state index contributed by atoms with van der Waals surface area (Å²) in [5, 5.41) is 5.86. The molecule has 31 heavy (non-hydrogen) atoms. The molecule has 2 amide bonds. The fraction of sp³-hybridized carbons (Fsp3) is 0.182. The average molecular weight is 439 g/mol. The van der Waals surface area contributed by atoms with Gasteiger partial charge >= 0.3 is 5.69 Å². The summed E-state index contributed by atoms with van der Waals surface area (Å²) in [6.45, 7) is 0.181. The molecule has 0 saturated heterocycles. The highest BCUT2D eigenvalue weighted by Crippen LogP contribution is 2.32. The van der Waals surface area contributed by atoms with Gasteiger partial charge in [0.2, 0.25) is 11.8 Å². The van der Waals surface area contributed by atoms with Crippen LogP contribution in [-0.2, 0) is 23.2 Å². The van der Waals surface area contributed by atoms with E-state index in [0.717, 1.165) is 10.1 Å². The first kappa shape index (κ1) is 20.6. The molecule has 2 N–H and O–H groups in total. The van der Waals surface area contributed by atoms with Crippen molar-refractivity contribution in [1.82, 2.24) is 9.13 Å². The molecule has 0 fully saturated rings. The number of hydrogen-bond donors (Lipinski definition) is 2. The monoisotopic (exact) mass is 438 g/mol. The second-order valence-electron chi connectivity index (χ2n) is 7.28. The van der Waals surface area contributed by atoms with Gasteiger partial charge in [0.05, 0.1) is 18.0 Å². The lowest BCUT2D eigenvalue weighted by atomic mass is 9.99. The van der Waals surface area contributed by atoms with Crippen molar-refractivity contribution >= 4 is 34.9 Å². The summed E-state index contributed by atoms with van der Waals surface area (Å²) in [6.07, 6.45) is -0.236. The lowest BCUT2D eigenvalue weighted by Gasteiger charge is -2.14. The molecule has 2 aromatic carbocycles. The minimum atomic E-state index is -0.997. The molecule has 0 aliphatic carbocycles. The summed E-state index contributed by atoms with van der Waals surface area (Å²) in [7, 11) is 1.36. The van der Waals surface area contributed by atoms with Crippen molar-refractivity contribution in [2.75, 3.05) is 10.6 Å². The second kappa shape index (κ2) is 8.23. The Morgan fingerprint density at radius 2 is 1.74 bits per heavy atom. The van der Waals surface area contributed by atoms with E-state index < -0.39 is 29.0 Å². The van der Waals surface area contributed by atoms with Gasteiger partial charge in [0.25, 0.3) is 5.56 Å². The smallest absolute Gasteiger partial charge is 0.326 e. The number of carbonyl (C=O) groups is 2. The molecule has 0 saturated carbocycles. The fourth-order valence-electron chi connectivity index (χ4n) is 3.61. The maximum atomic E-state index is 12.8. The van der Waals surface area contributed by atoms with Gasteiger partial charge in [-0.3, -0.25) is 23.5 Å². The molecule has 4 rings (SSSR count). The zero-order valence-corrected chi connectivity index (χ0v) is 17.3. The van der Waals surface area contributed by atoms with Crippen LogP contribution in [0.2, 0.25) is 5.02 Å². The predicted molar refractivity (Wildman–Crippen MR) is 118 cm³/mol. The average Bonchev–Trinajstić information content (AvgIpc) is 3.08. The quantitative estimate of drug-likeness (QED) is 0.638. The topological polar surface area (TPSA) is 102 Å². The van der Waals surface area contributed by atoms with Crippen molar-refractivity contribution in [3.8, 4) is 0 Å². The Hall–Kier alpha value is -3.65. The van der Waals surface area contributed by atoms with E-state index in [-0.39, 0.29) is 24.3 Å². The number of aromatic nitrogens is 2. The Kier molecular flexibility index (Phi) is 5.48. The van der Waals surface area contributed by atoms with Crippen LogP contribution in [0.3, 0.4) is 0 Å². The number of amides is 2. The number of benzene rings is 2. The molecule has 1 aromatic heterocycles. The van der Waals surface area contributed by atoms with Gasteiger partial charge in [-0.2, -0.15) is 0 Å². The van der Waals surface area contributed by atoms with Crippen molar-refractivity contribution in [2.45, 2.75) is 18.9 Å². The first-order chi connectivity index (χ1) is 14.8. The first-order valence-corrected chi connectivity index (χ1v) is 9.97. The van der Waals surface area contributed by atoms with Gasteiger partial charge in [0.15, 0.2) is 0 Å². The molecule has 1 aliphatic rings. The van der Waals surface area contributed by atoms with Crippen molar-refractivity contribution < 1.29 is 9.59 Å². The van der Waals surface area contributed by atoms with Gasteiger partial charge in [-0.1, -0.05) is 41.9 Å². The van der Waals surface area contributed by atoms with E-state index in [2.05, 4.69) is 10.6 Å². The maximum Gasteiger partial charge on any atom is 0.332 e. The van der Waals surface area contributed by atoms with Crippen LogP contribution < -0.4 is 21.9 Å². The number of anilines is 2. The van der Waals surface area contributed by atoms with Crippen molar-refractivity contribution in [1.29, 1.82) is 0 Å². The van der Waals surface area contributed by atoms with Gasteiger partial charge in [0, 0.05) is 24.2 Å². The van der Waals surface area contributed by atoms with E-state index in [9.17, 15) is 19.2 Å². The Morgan fingerprint density at radius 1 is 1.06 bits per heavy atom. The van der Waals surface area contributed by atoms with E-state index >= 15 is 0 Å². The number of nitrogens with zero attached hydrogens (tertiary/aromatic N) is 2. The molecule has 1 atom stereocenters. The zero-order valence-electron chi connectivity index (χ0n) is 16.6. The molecular formula is C22H19ClN4O4. The Morgan fingerprint density at radius 3 is 2.42 bits per heavy atom. The number of fused-ring (bicyclic) bond motifs is 1. The van der Waals surface area contributed by atoms with Gasteiger partial charge in [-0.15, -0.1) is 0 Å². The summed E-state index contributed by atoms with van der Waals surface area (Å²) in [4.78, 5) is 50.8. The minimum Gasteiger partial charge on any atom is -0.326 e. The van der Waals surface area contributed by atoms with Crippen LogP contribution in [0.5, 0.6) is 0 Å². The standard InChI is InChI=1S/C22H19ClN4O4/c1-26-21(30)18-16(11-17(28)24-15-9-7-14(23)8-10-15)20(29)25-19(18)27(22(26)31)12-13-5-3-2-4-6-13/h2-10,16H,11-12H2,1H3,(H,24,28)(H,25,29). The third kappa shape index (κ3) is 4.02. The van der Waals surface area contributed by atoms with E-state index in [1.807, 2.05) is 30.3 Å². The van der Waals surface area contributed by atoms with Crippen LogP contribution in [0.15, 0.2) is 64.2 Å². The molecule has 0 radical (unpaired) electrons. The summed E-state index contributed by atoms with van der Waals surface area (Å²) in [6, 6.07) is 15.8. The molecule has 0 spiro atoms. The van der Waals surface area contributed by atoms with E-state index in [0.29, 0.717) is 10.7 Å². The number of rotatable bonds is 5. The van der Waals surface area contributed by atoms with Crippen molar-refractivity contribution in [2.24, 2.45) is 7.05 Å². The molecule has 1 aliphatic heterocycles. The highest BCUT2D eigenvalue weighted by atomic mass is 35.5. The number of nitrogens with one attached hydrogen (secondary N) is 2. The van der Waals surface area contributed by atoms with Gasteiger partial charge in [-0.25, -0.2) is 4.79 Å². The molecule has 3 aromatic rings. The number of halogens is 1. The van der Waals surface area contributed by atoms with Crippen LogP contribution in [0.1, 0.15) is 23.5 Å². The molecule has 1 unspecified atom stereocenters. The highest BCUT2D eigenvalue weighted by molar-refractivity contribution is 6.30. The summed E-state index contributed by atoms with van der Waals surface area (Å²) in [5.41, 5.74) is 0.346. The fourth-order valence-corrected chi connectivity index (χ4v) is 3.74. The predicted octanol–water partition coefficient (Wildman–Crippen LogP) is 2.31. The van der Waals surface area contributed by atoms with Gasteiger partial charge in [-0.05, 0) is 29.8 Å². The highest BCUT2D eigenvalue weighted by Gasteiger charge is 2.38. The maximum absolute atomic E-state index is 12.8. The van der Waals surface area contributed by atoms with E-state index in [1.165, 1.54) is 11.6 Å². The van der Waals surface area contributed by atoms with Crippen LogP contribution >= 0.6 is 11.6 Å². The van der Waals surface area contributed by atoms with Crippen LogP contribution in [-0.4, -0.2) is 20.9 Å². The summed E-state index contributed by atoms with van der Waals surface area (Å²) >= 11 is 5.85. The van der Waals surface area contributed by atoms with Gasteiger partial charge < -0.3 is 10.6 Å². The first-order valence-electron chi connectivity index (χ1n) is 9.59. The Labute approximate surface area is 182 Å². The van der Waals surface area contributed by atoms with Crippen LogP contribution in [0, 0.1) is 0 Å². The summed E-state index contributed by atoms with van der Waals surface area (Å²) in [5.74, 6) is -1.78. The van der Waals surface area contributed by atoms with Crippen molar-refractivity contribution in [3.63, 3.8) is 0 Å². The SMILES string of the molecule is Cn1c(=O)c2c(n(Cc3ccccc3)c1=O)NC(=O)C2CC(=O)Nc1ccc(Cl)cc1. The number of carbonyl (C=O) groups excluding carboxylic acids is 2. The Bertz CT molecular complexity index is 1280. The third-order valence-electron chi connectivity index (χ3n) is 5.19. The van der Waals surface area contributed by atoms with E-state index in [4.69, 9.17) is 11.6 Å². The molecule has 0 bridgehead atoms. The summed E-state index contributed by atoms with van der Waals surface area (Å²) < 4.78 is 2.31. The van der Waals surface area contributed by atoms with Crippen LogP contribution in [0.4, 0.5) is 11.5 Å². The minimum absolute atomic E-state index is 0.120. The second-order valence-corrected chi connectivity index (χ2v) is 7.72. The normalized spacial score (nSPS) is 14.8. The third-order valence-corrected chi connectivity index (χ3v) is 5.44. The lowest BCUT2D eigenvalue weighted by Crippen LogP contribution is -2.40. The number of hydrogen-bond acceptors (Lipinski definition) is 4. The lowest BCUT2D eigenvalue weighted by molar-refractivity contribution is -0.122. The zero-order chi connectivity index (χ0) is 22.1. The largest absolute Gasteiger partial charge is 0.332 e. The molecule has 8 nitrogen and oxygen atoms in total. The van der Waals surface area contributed by atoms with Crippen LogP contribution in [0.25, 0.3) is 0 Å². The molecule has 9 heteroatoms. The Balaban J connectivity index is 1.67. The van der Waals surface area contributed by atoms with Gasteiger partial charge in [0.1, 0.15) is 5.82 Å².